The summed E-state index contributed by atoms with van der Waals surface area (Å²) < 4.78 is 0. The second-order valence-corrected chi connectivity index (χ2v) is 7.27. The number of hydrogen-bond donors (Lipinski definition) is 2. The SMILES string of the molecule is CC(C)c1cc(C2CCN(C(=O)CCC3=NNC(=O)CC3)CC2)[nH]n1. The number of carbonyl (C=O) groups is 2. The summed E-state index contributed by atoms with van der Waals surface area (Å²) in [4.78, 5) is 25.4. The van der Waals surface area contributed by atoms with Gasteiger partial charge < -0.3 is 4.90 Å². The molecule has 0 bridgehead atoms. The number of hydrazone groups is 1. The summed E-state index contributed by atoms with van der Waals surface area (Å²) in [6.45, 7) is 5.87. The summed E-state index contributed by atoms with van der Waals surface area (Å²) in [7, 11) is 0. The maximum atomic E-state index is 12.4. The van der Waals surface area contributed by atoms with Crippen LogP contribution in [-0.2, 0) is 9.59 Å². The molecule has 0 aliphatic carbocycles. The van der Waals surface area contributed by atoms with Gasteiger partial charge in [0.15, 0.2) is 0 Å². The molecule has 136 valence electrons. The van der Waals surface area contributed by atoms with Gasteiger partial charge in [-0.3, -0.25) is 14.7 Å². The first-order valence-corrected chi connectivity index (χ1v) is 9.20. The topological polar surface area (TPSA) is 90.5 Å². The van der Waals surface area contributed by atoms with Gasteiger partial charge >= 0.3 is 0 Å². The van der Waals surface area contributed by atoms with E-state index in [1.165, 1.54) is 5.69 Å². The van der Waals surface area contributed by atoms with Crippen LogP contribution in [0.2, 0.25) is 0 Å². The lowest BCUT2D eigenvalue weighted by molar-refractivity contribution is -0.132. The fourth-order valence-electron chi connectivity index (χ4n) is 3.40. The first-order chi connectivity index (χ1) is 12.0. The molecule has 25 heavy (non-hydrogen) atoms. The van der Waals surface area contributed by atoms with Crippen LogP contribution in [0.25, 0.3) is 0 Å². The van der Waals surface area contributed by atoms with Crippen LogP contribution in [-0.4, -0.2) is 45.7 Å². The van der Waals surface area contributed by atoms with E-state index < -0.39 is 0 Å². The summed E-state index contributed by atoms with van der Waals surface area (Å²) in [6, 6.07) is 2.17. The van der Waals surface area contributed by atoms with Crippen LogP contribution in [0.15, 0.2) is 11.2 Å². The minimum Gasteiger partial charge on any atom is -0.343 e. The highest BCUT2D eigenvalue weighted by Gasteiger charge is 2.25. The Morgan fingerprint density at radius 2 is 2.08 bits per heavy atom. The van der Waals surface area contributed by atoms with Crippen molar-refractivity contribution >= 4 is 17.5 Å². The Morgan fingerprint density at radius 3 is 2.68 bits per heavy atom. The van der Waals surface area contributed by atoms with Crippen LogP contribution >= 0.6 is 0 Å². The molecule has 0 saturated carbocycles. The molecule has 7 heteroatoms. The van der Waals surface area contributed by atoms with E-state index >= 15 is 0 Å². The highest BCUT2D eigenvalue weighted by atomic mass is 16.2. The van der Waals surface area contributed by atoms with Crippen LogP contribution in [0.3, 0.4) is 0 Å². The third-order valence-electron chi connectivity index (χ3n) is 5.10. The number of aromatic nitrogens is 2. The van der Waals surface area contributed by atoms with Gasteiger partial charge in [-0.25, -0.2) is 5.43 Å². The molecule has 2 aliphatic rings. The number of nitrogens with zero attached hydrogens (tertiary/aromatic N) is 3. The lowest BCUT2D eigenvalue weighted by Crippen LogP contribution is -2.38. The number of piperidine rings is 1. The number of aromatic amines is 1. The van der Waals surface area contributed by atoms with Gasteiger partial charge in [0.1, 0.15) is 0 Å². The largest absolute Gasteiger partial charge is 0.343 e. The molecule has 1 aromatic heterocycles. The summed E-state index contributed by atoms with van der Waals surface area (Å²) in [5.74, 6) is 1.03. The zero-order valence-corrected chi connectivity index (χ0v) is 15.0. The average Bonchev–Trinajstić information content (AvgIpc) is 3.11. The summed E-state index contributed by atoms with van der Waals surface area (Å²) >= 11 is 0. The third kappa shape index (κ3) is 4.46. The molecule has 0 unspecified atom stereocenters. The molecular formula is C18H27N5O2. The number of hydrogen-bond acceptors (Lipinski definition) is 4. The maximum absolute atomic E-state index is 12.4. The van der Waals surface area contributed by atoms with Crippen LogP contribution in [0.1, 0.15) is 75.6 Å². The Morgan fingerprint density at radius 1 is 1.32 bits per heavy atom. The van der Waals surface area contributed by atoms with Gasteiger partial charge in [-0.05, 0) is 37.7 Å². The molecular weight excluding hydrogens is 318 g/mol. The molecule has 1 saturated heterocycles. The van der Waals surface area contributed by atoms with Gasteiger partial charge in [0.05, 0.1) is 5.69 Å². The van der Waals surface area contributed by atoms with E-state index in [0.717, 1.165) is 37.3 Å². The number of rotatable bonds is 5. The molecule has 7 nitrogen and oxygen atoms in total. The van der Waals surface area contributed by atoms with Gasteiger partial charge in [0.2, 0.25) is 11.8 Å². The Kier molecular flexibility index (Phi) is 5.50. The third-order valence-corrected chi connectivity index (χ3v) is 5.10. The predicted molar refractivity (Wildman–Crippen MR) is 95.3 cm³/mol. The van der Waals surface area contributed by atoms with Crippen LogP contribution in [0.5, 0.6) is 0 Å². The minimum atomic E-state index is -0.0448. The number of carbonyl (C=O) groups excluding carboxylic acids is 2. The highest BCUT2D eigenvalue weighted by Crippen LogP contribution is 2.28. The monoisotopic (exact) mass is 345 g/mol. The summed E-state index contributed by atoms with van der Waals surface area (Å²) in [5.41, 5.74) is 5.70. The molecule has 0 radical (unpaired) electrons. The van der Waals surface area contributed by atoms with Crippen molar-refractivity contribution in [2.24, 2.45) is 5.10 Å². The molecule has 1 fully saturated rings. The molecule has 2 aliphatic heterocycles. The number of likely N-dealkylation sites (tertiary alicyclic amines) is 1. The van der Waals surface area contributed by atoms with Gasteiger partial charge in [0.25, 0.3) is 0 Å². The lowest BCUT2D eigenvalue weighted by Gasteiger charge is -2.31. The average molecular weight is 345 g/mol. The normalized spacial score (nSPS) is 19.1. The molecule has 3 heterocycles. The van der Waals surface area contributed by atoms with E-state index in [9.17, 15) is 9.59 Å². The Hall–Kier alpha value is -2.18. The van der Waals surface area contributed by atoms with Crippen molar-refractivity contribution in [3.05, 3.63) is 17.5 Å². The first kappa shape index (κ1) is 17.6. The second kappa shape index (κ2) is 7.80. The first-order valence-electron chi connectivity index (χ1n) is 9.20. The summed E-state index contributed by atoms with van der Waals surface area (Å²) in [5, 5.41) is 11.6. The number of nitrogens with one attached hydrogen (secondary N) is 2. The number of amides is 2. The lowest BCUT2D eigenvalue weighted by atomic mass is 9.92. The standard InChI is InChI=1S/C18H27N5O2/c1-12(2)15-11-16(21-20-15)13-7-9-23(10-8-13)18(25)6-4-14-3-5-17(24)22-19-14/h11-13H,3-10H2,1-2H3,(H,20,21)(H,22,24). The van der Waals surface area contributed by atoms with Crippen molar-refractivity contribution in [2.45, 2.75) is 64.2 Å². The zero-order valence-electron chi connectivity index (χ0n) is 15.0. The van der Waals surface area contributed by atoms with Crippen molar-refractivity contribution in [2.75, 3.05) is 13.1 Å². The fourth-order valence-corrected chi connectivity index (χ4v) is 3.40. The molecule has 0 spiro atoms. The Labute approximate surface area is 148 Å². The molecule has 3 rings (SSSR count). The van der Waals surface area contributed by atoms with Gasteiger partial charge in [0, 0.05) is 43.3 Å². The molecule has 1 aromatic rings. The van der Waals surface area contributed by atoms with Crippen molar-refractivity contribution in [1.82, 2.24) is 20.5 Å². The van der Waals surface area contributed by atoms with Gasteiger partial charge in [-0.15, -0.1) is 0 Å². The number of H-pyrrole nitrogens is 1. The van der Waals surface area contributed by atoms with E-state index in [2.05, 4.69) is 40.6 Å². The summed E-state index contributed by atoms with van der Waals surface area (Å²) in [6.07, 6.45) is 4.20. The molecule has 0 atom stereocenters. The zero-order chi connectivity index (χ0) is 17.8. The molecule has 2 amide bonds. The minimum absolute atomic E-state index is 0.0448. The highest BCUT2D eigenvalue weighted by molar-refractivity contribution is 5.94. The molecule has 2 N–H and O–H groups in total. The van der Waals surface area contributed by atoms with E-state index in [-0.39, 0.29) is 11.8 Å². The Bertz CT molecular complexity index is 656. The van der Waals surface area contributed by atoms with E-state index in [4.69, 9.17) is 0 Å². The fraction of sp³-hybridized carbons (Fsp3) is 0.667. The maximum Gasteiger partial charge on any atom is 0.240 e. The van der Waals surface area contributed by atoms with E-state index in [0.29, 0.717) is 37.5 Å². The van der Waals surface area contributed by atoms with Crippen LogP contribution < -0.4 is 5.43 Å². The van der Waals surface area contributed by atoms with Crippen molar-refractivity contribution < 1.29 is 9.59 Å². The van der Waals surface area contributed by atoms with Crippen molar-refractivity contribution in [3.8, 4) is 0 Å². The van der Waals surface area contributed by atoms with E-state index in [1.807, 2.05) is 4.90 Å². The van der Waals surface area contributed by atoms with Gasteiger partial charge in [-0.1, -0.05) is 13.8 Å². The quantitative estimate of drug-likeness (QED) is 0.858. The van der Waals surface area contributed by atoms with E-state index in [1.54, 1.807) is 0 Å². The Balaban J connectivity index is 1.45. The smallest absolute Gasteiger partial charge is 0.240 e. The van der Waals surface area contributed by atoms with Crippen LogP contribution in [0, 0.1) is 0 Å². The van der Waals surface area contributed by atoms with Crippen molar-refractivity contribution in [3.63, 3.8) is 0 Å². The van der Waals surface area contributed by atoms with Crippen LogP contribution in [0.4, 0.5) is 0 Å². The molecule has 0 aromatic carbocycles. The van der Waals surface area contributed by atoms with Crippen molar-refractivity contribution in [1.29, 1.82) is 0 Å². The van der Waals surface area contributed by atoms with Gasteiger partial charge in [-0.2, -0.15) is 10.2 Å². The predicted octanol–water partition coefficient (Wildman–Crippen LogP) is 2.29. The second-order valence-electron chi connectivity index (χ2n) is 7.27.